The number of rotatable bonds is 2. The van der Waals surface area contributed by atoms with Crippen molar-refractivity contribution in [3.63, 3.8) is 0 Å². The highest BCUT2D eigenvalue weighted by Crippen LogP contribution is 2.27. The summed E-state index contributed by atoms with van der Waals surface area (Å²) in [6, 6.07) is 2.07. The average molecular weight is 284 g/mol. The summed E-state index contributed by atoms with van der Waals surface area (Å²) >= 11 is 11.3. The van der Waals surface area contributed by atoms with Crippen LogP contribution in [0.25, 0.3) is 0 Å². The molecule has 0 bridgehead atoms. The number of sulfonamides is 1. The Morgan fingerprint density at radius 3 is 2.25 bits per heavy atom. The van der Waals surface area contributed by atoms with Crippen molar-refractivity contribution in [2.75, 3.05) is 0 Å². The minimum atomic E-state index is -4.03. The molecule has 0 fully saturated rings. The molecular weight excluding hydrogens is 277 g/mol. The first-order valence-corrected chi connectivity index (χ1v) is 6.10. The van der Waals surface area contributed by atoms with Gasteiger partial charge in [0.2, 0.25) is 10.0 Å². The molecule has 1 aromatic rings. The Bertz CT molecular complexity index is 544. The molecule has 0 saturated carbocycles. The van der Waals surface area contributed by atoms with Crippen molar-refractivity contribution in [2.45, 2.75) is 4.90 Å². The maximum Gasteiger partial charge on any atom is 0.266 e. The van der Waals surface area contributed by atoms with Crippen molar-refractivity contribution in [3.8, 4) is 0 Å². The lowest BCUT2D eigenvalue weighted by Crippen LogP contribution is -2.30. The van der Waals surface area contributed by atoms with E-state index in [-0.39, 0.29) is 15.6 Å². The largest absolute Gasteiger partial charge is 0.290 e. The van der Waals surface area contributed by atoms with Crippen LogP contribution < -0.4 is 16.4 Å². The fourth-order valence-corrected chi connectivity index (χ4v) is 2.40. The molecule has 1 amide bonds. The van der Waals surface area contributed by atoms with E-state index in [2.05, 4.69) is 0 Å². The summed E-state index contributed by atoms with van der Waals surface area (Å²) in [6.45, 7) is 0. The van der Waals surface area contributed by atoms with E-state index in [1.807, 2.05) is 5.43 Å². The van der Waals surface area contributed by atoms with Gasteiger partial charge in [0.15, 0.2) is 0 Å². The monoisotopic (exact) mass is 283 g/mol. The van der Waals surface area contributed by atoms with Crippen molar-refractivity contribution in [1.29, 1.82) is 0 Å². The van der Waals surface area contributed by atoms with Crippen molar-refractivity contribution >= 4 is 39.1 Å². The van der Waals surface area contributed by atoms with Gasteiger partial charge in [-0.15, -0.1) is 0 Å². The van der Waals surface area contributed by atoms with Gasteiger partial charge in [0.25, 0.3) is 5.91 Å². The van der Waals surface area contributed by atoms with Crippen LogP contribution in [0.15, 0.2) is 17.0 Å². The van der Waals surface area contributed by atoms with E-state index in [9.17, 15) is 13.2 Å². The van der Waals surface area contributed by atoms with Crippen LogP contribution in [0.1, 0.15) is 10.4 Å². The zero-order valence-electron chi connectivity index (χ0n) is 7.70. The van der Waals surface area contributed by atoms with Gasteiger partial charge in [-0.3, -0.25) is 10.2 Å². The second kappa shape index (κ2) is 4.56. The molecule has 16 heavy (non-hydrogen) atoms. The van der Waals surface area contributed by atoms with Crippen molar-refractivity contribution < 1.29 is 13.2 Å². The number of carbonyl (C=O) groups excluding carboxylic acids is 1. The van der Waals surface area contributed by atoms with E-state index in [0.717, 1.165) is 12.1 Å². The number of hydrazine groups is 1. The second-order valence-electron chi connectivity index (χ2n) is 2.78. The molecule has 0 saturated heterocycles. The lowest BCUT2D eigenvalue weighted by atomic mass is 10.2. The third-order valence-corrected chi connectivity index (χ3v) is 3.39. The number of hydrogen-bond donors (Lipinski definition) is 3. The molecule has 0 atom stereocenters. The normalized spacial score (nSPS) is 11.2. The van der Waals surface area contributed by atoms with Crippen molar-refractivity contribution in [3.05, 3.63) is 27.7 Å². The van der Waals surface area contributed by atoms with E-state index in [1.54, 1.807) is 0 Å². The van der Waals surface area contributed by atoms with Crippen LogP contribution in [0, 0.1) is 0 Å². The molecule has 0 aliphatic heterocycles. The molecule has 9 heteroatoms. The van der Waals surface area contributed by atoms with Gasteiger partial charge in [0, 0.05) is 0 Å². The second-order valence-corrected chi connectivity index (χ2v) is 5.13. The van der Waals surface area contributed by atoms with Crippen LogP contribution in [0.5, 0.6) is 0 Å². The summed E-state index contributed by atoms with van der Waals surface area (Å²) < 4.78 is 22.2. The third kappa shape index (κ3) is 2.63. The highest BCUT2D eigenvalue weighted by atomic mass is 35.5. The third-order valence-electron chi connectivity index (χ3n) is 1.70. The topological polar surface area (TPSA) is 115 Å². The van der Waals surface area contributed by atoms with Gasteiger partial charge in [-0.25, -0.2) is 19.4 Å². The number of carbonyl (C=O) groups is 1. The molecule has 88 valence electrons. The number of benzene rings is 1. The SMILES string of the molecule is NNC(=O)c1cc(S(N)(=O)=O)c(Cl)cc1Cl. The number of nitrogens with one attached hydrogen (secondary N) is 1. The van der Waals surface area contributed by atoms with E-state index in [0.29, 0.717) is 0 Å². The van der Waals surface area contributed by atoms with E-state index >= 15 is 0 Å². The average Bonchev–Trinajstić information content (AvgIpc) is 2.14. The van der Waals surface area contributed by atoms with Gasteiger partial charge in [-0.05, 0) is 12.1 Å². The molecule has 0 spiro atoms. The Labute approximate surface area is 102 Å². The van der Waals surface area contributed by atoms with E-state index in [4.69, 9.17) is 34.2 Å². The van der Waals surface area contributed by atoms with E-state index < -0.39 is 20.8 Å². The number of hydrogen-bond acceptors (Lipinski definition) is 4. The highest BCUT2D eigenvalue weighted by Gasteiger charge is 2.19. The van der Waals surface area contributed by atoms with E-state index in [1.165, 1.54) is 0 Å². The molecule has 0 aliphatic carbocycles. The van der Waals surface area contributed by atoms with Crippen LogP contribution in [-0.4, -0.2) is 14.3 Å². The first-order valence-electron chi connectivity index (χ1n) is 3.80. The summed E-state index contributed by atoms with van der Waals surface area (Å²) in [6.07, 6.45) is 0. The van der Waals surface area contributed by atoms with Crippen LogP contribution in [0.3, 0.4) is 0 Å². The van der Waals surface area contributed by atoms with Crippen LogP contribution >= 0.6 is 23.2 Å². The Balaban J connectivity index is 3.51. The number of nitrogen functional groups attached to an aromatic ring is 1. The first-order chi connectivity index (χ1) is 7.27. The lowest BCUT2D eigenvalue weighted by Gasteiger charge is -2.07. The smallest absolute Gasteiger partial charge is 0.266 e. The van der Waals surface area contributed by atoms with Gasteiger partial charge >= 0.3 is 0 Å². The molecule has 0 unspecified atom stereocenters. The summed E-state index contributed by atoms with van der Waals surface area (Å²) in [5.74, 6) is 4.15. The lowest BCUT2D eigenvalue weighted by molar-refractivity contribution is 0.0953. The fraction of sp³-hybridized carbons (Fsp3) is 0. The number of amides is 1. The van der Waals surface area contributed by atoms with Crippen LogP contribution in [-0.2, 0) is 10.0 Å². The predicted molar refractivity (Wildman–Crippen MR) is 59.5 cm³/mol. The predicted octanol–water partition coefficient (Wildman–Crippen LogP) is 0.244. The maximum atomic E-state index is 11.2. The summed E-state index contributed by atoms with van der Waals surface area (Å²) in [4.78, 5) is 10.8. The Hall–Kier alpha value is -0.860. The number of halogens is 2. The van der Waals surface area contributed by atoms with Crippen LogP contribution in [0.4, 0.5) is 0 Å². The van der Waals surface area contributed by atoms with Gasteiger partial charge < -0.3 is 0 Å². The fourth-order valence-electron chi connectivity index (χ4n) is 0.999. The molecule has 0 aliphatic rings. The summed E-state index contributed by atoms with van der Waals surface area (Å²) in [7, 11) is -4.03. The summed E-state index contributed by atoms with van der Waals surface area (Å²) in [5, 5.41) is 4.71. The Morgan fingerprint density at radius 2 is 1.81 bits per heavy atom. The van der Waals surface area contributed by atoms with Crippen LogP contribution in [0.2, 0.25) is 10.0 Å². The first kappa shape index (κ1) is 13.2. The summed E-state index contributed by atoms with van der Waals surface area (Å²) in [5.41, 5.74) is 1.69. The molecular formula is C7H7Cl2N3O3S. The Morgan fingerprint density at radius 1 is 1.25 bits per heavy atom. The zero-order chi connectivity index (χ0) is 12.5. The molecule has 0 radical (unpaired) electrons. The molecule has 5 N–H and O–H groups in total. The van der Waals surface area contributed by atoms with Gasteiger partial charge in [-0.2, -0.15) is 0 Å². The molecule has 6 nitrogen and oxygen atoms in total. The minimum Gasteiger partial charge on any atom is -0.290 e. The zero-order valence-corrected chi connectivity index (χ0v) is 10.0. The maximum absolute atomic E-state index is 11.2. The molecule has 0 aromatic heterocycles. The minimum absolute atomic E-state index is 0.0275. The standard InChI is InChI=1S/C7H7Cl2N3O3S/c8-4-2-5(9)6(16(11,14)15)1-3(4)7(13)12-10/h1-2H,10H2,(H,12,13)(H2,11,14,15). The quantitative estimate of drug-likeness (QED) is 0.410. The number of primary sulfonamides is 1. The van der Waals surface area contributed by atoms with Gasteiger partial charge in [0.1, 0.15) is 4.90 Å². The molecule has 1 rings (SSSR count). The molecule has 1 aromatic carbocycles. The molecule has 0 heterocycles. The number of nitrogens with two attached hydrogens (primary N) is 2. The van der Waals surface area contributed by atoms with Crippen molar-refractivity contribution in [2.24, 2.45) is 11.0 Å². The Kier molecular flexibility index (Phi) is 3.76. The highest BCUT2D eigenvalue weighted by molar-refractivity contribution is 7.89. The van der Waals surface area contributed by atoms with Gasteiger partial charge in [0.05, 0.1) is 15.6 Å². The van der Waals surface area contributed by atoms with Gasteiger partial charge in [-0.1, -0.05) is 23.2 Å². The van der Waals surface area contributed by atoms with Crippen molar-refractivity contribution in [1.82, 2.24) is 5.43 Å².